The second-order valence-electron chi connectivity index (χ2n) is 9.87. The Morgan fingerprint density at radius 2 is 1.91 bits per heavy atom. The Balaban J connectivity index is 1.73. The number of hydrogen-bond donors (Lipinski definition) is 1. The van der Waals surface area contributed by atoms with E-state index >= 15 is 0 Å². The number of nitrogens with zero attached hydrogens (tertiary/aromatic N) is 2. The maximum absolute atomic E-state index is 12.9. The van der Waals surface area contributed by atoms with Crippen LogP contribution in [0, 0.1) is 16.0 Å². The number of para-hydroxylation sites is 1. The Morgan fingerprint density at radius 1 is 1.21 bits per heavy atom. The fraction of sp³-hybridized carbons (Fsp3) is 0.538. The predicted octanol–water partition coefficient (Wildman–Crippen LogP) is 5.94. The van der Waals surface area contributed by atoms with Crippen LogP contribution in [0.4, 0.5) is 5.69 Å². The molecule has 8 heteroatoms. The summed E-state index contributed by atoms with van der Waals surface area (Å²) in [6, 6.07) is 10.1. The number of ether oxygens (including phenoxy) is 2. The van der Waals surface area contributed by atoms with Crippen molar-refractivity contribution in [3.05, 3.63) is 58.3 Å². The molecule has 0 spiro atoms. The SMILES string of the molecule is CC(C)(C)OC(=O)C(CCC1CCCCC1)NCc1cc(Oc2ccccc2)ncc1[N+](=O)[O-]. The highest BCUT2D eigenvalue weighted by molar-refractivity contribution is 5.76. The van der Waals surface area contributed by atoms with E-state index in [1.54, 1.807) is 18.2 Å². The molecule has 1 fully saturated rings. The molecule has 1 aliphatic carbocycles. The molecule has 2 aromatic rings. The van der Waals surface area contributed by atoms with E-state index in [1.807, 2.05) is 39.0 Å². The second kappa shape index (κ2) is 11.9. The van der Waals surface area contributed by atoms with E-state index in [-0.39, 0.29) is 24.1 Å². The molecule has 0 aliphatic heterocycles. The largest absolute Gasteiger partial charge is 0.459 e. The predicted molar refractivity (Wildman–Crippen MR) is 130 cm³/mol. The number of aromatic nitrogens is 1. The number of benzene rings is 1. The van der Waals surface area contributed by atoms with Crippen LogP contribution in [0.5, 0.6) is 11.6 Å². The van der Waals surface area contributed by atoms with Crippen molar-refractivity contribution in [2.75, 3.05) is 0 Å². The molecule has 0 amide bonds. The van der Waals surface area contributed by atoms with Gasteiger partial charge in [0.2, 0.25) is 5.88 Å². The highest BCUT2D eigenvalue weighted by atomic mass is 16.6. The van der Waals surface area contributed by atoms with Gasteiger partial charge >= 0.3 is 5.97 Å². The Labute approximate surface area is 201 Å². The Bertz CT molecular complexity index is 953. The fourth-order valence-corrected chi connectivity index (χ4v) is 4.23. The summed E-state index contributed by atoms with van der Waals surface area (Å²) in [5.74, 6) is 1.12. The van der Waals surface area contributed by atoms with Crippen molar-refractivity contribution in [1.82, 2.24) is 10.3 Å². The van der Waals surface area contributed by atoms with Crippen LogP contribution < -0.4 is 10.1 Å². The minimum absolute atomic E-state index is 0.122. The van der Waals surface area contributed by atoms with Crippen LogP contribution in [-0.2, 0) is 16.1 Å². The number of carbonyl (C=O) groups excluding carboxylic acids is 1. The van der Waals surface area contributed by atoms with E-state index in [4.69, 9.17) is 9.47 Å². The van der Waals surface area contributed by atoms with E-state index in [0.29, 0.717) is 23.7 Å². The summed E-state index contributed by atoms with van der Waals surface area (Å²) in [4.78, 5) is 28.1. The lowest BCUT2D eigenvalue weighted by Crippen LogP contribution is -2.41. The van der Waals surface area contributed by atoms with Gasteiger partial charge in [-0.1, -0.05) is 50.3 Å². The van der Waals surface area contributed by atoms with Gasteiger partial charge in [0.1, 0.15) is 23.6 Å². The maximum Gasteiger partial charge on any atom is 0.323 e. The third-order valence-corrected chi connectivity index (χ3v) is 5.92. The molecule has 0 bridgehead atoms. The molecule has 3 rings (SSSR count). The van der Waals surface area contributed by atoms with Gasteiger partial charge in [-0.05, 0) is 51.7 Å². The Hall–Kier alpha value is -3.00. The third-order valence-electron chi connectivity index (χ3n) is 5.92. The van der Waals surface area contributed by atoms with Gasteiger partial charge in [0.25, 0.3) is 5.69 Å². The number of nitrogens with one attached hydrogen (secondary N) is 1. The first kappa shape index (κ1) is 25.6. The lowest BCUT2D eigenvalue weighted by atomic mass is 9.85. The highest BCUT2D eigenvalue weighted by Gasteiger charge is 2.27. The van der Waals surface area contributed by atoms with Gasteiger partial charge in [-0.2, -0.15) is 0 Å². The van der Waals surface area contributed by atoms with Crippen LogP contribution in [-0.4, -0.2) is 27.5 Å². The summed E-state index contributed by atoms with van der Waals surface area (Å²) in [7, 11) is 0. The van der Waals surface area contributed by atoms with E-state index in [1.165, 1.54) is 38.3 Å². The molecule has 1 atom stereocenters. The van der Waals surface area contributed by atoms with Gasteiger partial charge in [0, 0.05) is 12.6 Å². The summed E-state index contributed by atoms with van der Waals surface area (Å²) >= 11 is 0. The smallest absolute Gasteiger partial charge is 0.323 e. The van der Waals surface area contributed by atoms with Crippen molar-refractivity contribution in [3.63, 3.8) is 0 Å². The first-order valence-electron chi connectivity index (χ1n) is 12.0. The van der Waals surface area contributed by atoms with Crippen molar-refractivity contribution >= 4 is 11.7 Å². The topological polar surface area (TPSA) is 104 Å². The standard InChI is InChI=1S/C26H35N3O5/c1-26(2,3)34-25(30)22(15-14-19-10-6-4-7-11-19)27-17-20-16-24(28-18-23(20)29(31)32)33-21-12-8-5-9-13-21/h5,8-9,12-13,16,18-19,22,27H,4,6-7,10-11,14-15,17H2,1-3H3. The molecule has 1 aromatic carbocycles. The minimum atomic E-state index is -0.610. The molecule has 0 saturated heterocycles. The molecule has 1 aromatic heterocycles. The van der Waals surface area contributed by atoms with Crippen LogP contribution in [0.2, 0.25) is 0 Å². The summed E-state index contributed by atoms with van der Waals surface area (Å²) < 4.78 is 11.4. The number of esters is 1. The van der Waals surface area contributed by atoms with Crippen LogP contribution in [0.1, 0.15) is 71.3 Å². The lowest BCUT2D eigenvalue weighted by molar-refractivity contribution is -0.386. The van der Waals surface area contributed by atoms with Crippen molar-refractivity contribution in [2.45, 2.75) is 83.9 Å². The average Bonchev–Trinajstić information content (AvgIpc) is 2.79. The van der Waals surface area contributed by atoms with Crippen LogP contribution in [0.15, 0.2) is 42.6 Å². The molecule has 8 nitrogen and oxygen atoms in total. The summed E-state index contributed by atoms with van der Waals surface area (Å²) in [5.41, 5.74) is -0.332. The van der Waals surface area contributed by atoms with E-state index in [2.05, 4.69) is 10.3 Å². The highest BCUT2D eigenvalue weighted by Crippen LogP contribution is 2.29. The number of carbonyl (C=O) groups is 1. The molecule has 1 N–H and O–H groups in total. The van der Waals surface area contributed by atoms with E-state index in [0.717, 1.165) is 6.42 Å². The quantitative estimate of drug-likeness (QED) is 0.261. The average molecular weight is 470 g/mol. The zero-order chi connectivity index (χ0) is 24.6. The summed E-state index contributed by atoms with van der Waals surface area (Å²) in [6.07, 6.45) is 8.89. The normalized spacial score (nSPS) is 15.5. The number of nitro groups is 1. The second-order valence-corrected chi connectivity index (χ2v) is 9.87. The van der Waals surface area contributed by atoms with Gasteiger partial charge in [-0.25, -0.2) is 4.98 Å². The Kier molecular flexibility index (Phi) is 8.98. The van der Waals surface area contributed by atoms with Gasteiger partial charge in [-0.15, -0.1) is 0 Å². The summed E-state index contributed by atoms with van der Waals surface area (Å²) in [5, 5.41) is 14.8. The molecule has 1 heterocycles. The molecule has 34 heavy (non-hydrogen) atoms. The van der Waals surface area contributed by atoms with Crippen LogP contribution in [0.25, 0.3) is 0 Å². The van der Waals surface area contributed by atoms with Gasteiger partial charge in [0.15, 0.2) is 0 Å². The third kappa shape index (κ3) is 8.09. The molecule has 1 unspecified atom stereocenters. The van der Waals surface area contributed by atoms with Gasteiger partial charge in [-0.3, -0.25) is 14.9 Å². The summed E-state index contributed by atoms with van der Waals surface area (Å²) in [6.45, 7) is 5.64. The number of hydrogen-bond acceptors (Lipinski definition) is 7. The molecule has 1 saturated carbocycles. The van der Waals surface area contributed by atoms with Crippen molar-refractivity contribution in [3.8, 4) is 11.6 Å². The van der Waals surface area contributed by atoms with Crippen LogP contribution in [0.3, 0.4) is 0 Å². The van der Waals surface area contributed by atoms with Crippen molar-refractivity contribution < 1.29 is 19.2 Å². The van der Waals surface area contributed by atoms with E-state index < -0.39 is 16.6 Å². The molecule has 184 valence electrons. The molecular formula is C26H35N3O5. The maximum atomic E-state index is 12.9. The fourth-order valence-electron chi connectivity index (χ4n) is 4.23. The lowest BCUT2D eigenvalue weighted by Gasteiger charge is -2.27. The molecule has 1 aliphatic rings. The minimum Gasteiger partial charge on any atom is -0.459 e. The van der Waals surface area contributed by atoms with Gasteiger partial charge in [0.05, 0.1) is 10.5 Å². The molecular weight excluding hydrogens is 434 g/mol. The van der Waals surface area contributed by atoms with Crippen molar-refractivity contribution in [1.29, 1.82) is 0 Å². The van der Waals surface area contributed by atoms with E-state index in [9.17, 15) is 14.9 Å². The number of pyridine rings is 1. The number of rotatable bonds is 10. The van der Waals surface area contributed by atoms with Gasteiger partial charge < -0.3 is 14.8 Å². The molecule has 0 radical (unpaired) electrons. The first-order valence-corrected chi connectivity index (χ1v) is 12.0. The first-order chi connectivity index (χ1) is 16.2. The zero-order valence-corrected chi connectivity index (χ0v) is 20.3. The van der Waals surface area contributed by atoms with Crippen LogP contribution >= 0.6 is 0 Å². The zero-order valence-electron chi connectivity index (χ0n) is 20.3. The monoisotopic (exact) mass is 469 g/mol. The van der Waals surface area contributed by atoms with Crippen molar-refractivity contribution in [2.24, 2.45) is 5.92 Å². The Morgan fingerprint density at radius 3 is 2.56 bits per heavy atom.